The molecular weight excluding hydrogens is 166 g/mol. The van der Waals surface area contributed by atoms with E-state index in [2.05, 4.69) is 4.98 Å². The first-order valence-electron chi connectivity index (χ1n) is 4.05. The molecule has 1 N–H and O–H groups in total. The molecule has 1 aliphatic rings. The summed E-state index contributed by atoms with van der Waals surface area (Å²) in [5, 5.41) is 0. The van der Waals surface area contributed by atoms with Crippen LogP contribution in [0.3, 0.4) is 0 Å². The van der Waals surface area contributed by atoms with Crippen molar-refractivity contribution in [1.29, 1.82) is 0 Å². The van der Waals surface area contributed by atoms with Crippen LogP contribution in [0.2, 0.25) is 0 Å². The third-order valence-corrected chi connectivity index (χ3v) is 1.96. The Labute approximate surface area is 74.9 Å². The molecule has 0 atom stereocenters. The van der Waals surface area contributed by atoms with Crippen molar-refractivity contribution < 1.29 is 9.47 Å². The Morgan fingerprint density at radius 2 is 1.31 bits per heavy atom. The van der Waals surface area contributed by atoms with Gasteiger partial charge in [0.1, 0.15) is 0 Å². The van der Waals surface area contributed by atoms with Crippen LogP contribution in [0.25, 0.3) is 0 Å². The molecule has 3 rings (SSSR count). The van der Waals surface area contributed by atoms with Gasteiger partial charge in [0, 0.05) is 12.4 Å². The molecule has 13 heavy (non-hydrogen) atoms. The van der Waals surface area contributed by atoms with Gasteiger partial charge in [-0.3, -0.25) is 0 Å². The topological polar surface area (TPSA) is 34.2 Å². The Morgan fingerprint density at radius 1 is 0.769 bits per heavy atom. The van der Waals surface area contributed by atoms with Crippen LogP contribution in [0, 0.1) is 0 Å². The molecule has 64 valence electrons. The van der Waals surface area contributed by atoms with Gasteiger partial charge in [-0.25, -0.2) is 0 Å². The lowest BCUT2D eigenvalue weighted by Gasteiger charge is -2.16. The first-order chi connectivity index (χ1) is 6.43. The number of ether oxygens (including phenoxy) is 2. The number of nitrogens with one attached hydrogen (secondary N) is 1. The fraction of sp³-hybridized carbons (Fsp3) is 0. The molecule has 0 aliphatic carbocycles. The average Bonchev–Trinajstić information content (AvgIpc) is 2.61. The van der Waals surface area contributed by atoms with Crippen molar-refractivity contribution in [2.75, 3.05) is 0 Å². The smallest absolute Gasteiger partial charge is 0.187 e. The molecule has 1 aliphatic heterocycles. The molecule has 0 saturated heterocycles. The largest absolute Gasteiger partial charge is 0.448 e. The van der Waals surface area contributed by atoms with Gasteiger partial charge in [-0.1, -0.05) is 12.1 Å². The zero-order chi connectivity index (χ0) is 8.67. The number of fused-ring (bicyclic) bond motifs is 2. The van der Waals surface area contributed by atoms with Crippen molar-refractivity contribution >= 4 is 0 Å². The fourth-order valence-corrected chi connectivity index (χ4v) is 1.35. The molecular formula is C10H7NO2. The molecule has 0 unspecified atom stereocenters. The summed E-state index contributed by atoms with van der Waals surface area (Å²) in [6.07, 6.45) is 3.54. The summed E-state index contributed by atoms with van der Waals surface area (Å²) in [7, 11) is 0. The Balaban J connectivity index is 2.14. The van der Waals surface area contributed by atoms with Crippen LogP contribution in [0.1, 0.15) is 0 Å². The van der Waals surface area contributed by atoms with E-state index in [1.165, 1.54) is 0 Å². The predicted molar refractivity (Wildman–Crippen MR) is 47.4 cm³/mol. The summed E-state index contributed by atoms with van der Waals surface area (Å²) in [4.78, 5) is 2.93. The van der Waals surface area contributed by atoms with E-state index in [1.54, 1.807) is 12.4 Å². The van der Waals surface area contributed by atoms with Crippen molar-refractivity contribution in [2.24, 2.45) is 0 Å². The molecule has 2 aromatic rings. The molecule has 3 nitrogen and oxygen atoms in total. The van der Waals surface area contributed by atoms with E-state index in [4.69, 9.17) is 9.47 Å². The number of aromatic amines is 1. The van der Waals surface area contributed by atoms with Gasteiger partial charge in [-0.05, 0) is 12.1 Å². The fourth-order valence-electron chi connectivity index (χ4n) is 1.35. The van der Waals surface area contributed by atoms with Gasteiger partial charge < -0.3 is 14.5 Å². The first-order valence-corrected chi connectivity index (χ1v) is 4.05. The molecule has 0 spiro atoms. The van der Waals surface area contributed by atoms with Crippen molar-refractivity contribution in [3.05, 3.63) is 36.7 Å². The van der Waals surface area contributed by atoms with Gasteiger partial charge in [-0.15, -0.1) is 0 Å². The standard InChI is InChI=1S/C10H7NO2/c1-2-4-8-7(3-1)12-9-5-11-6-10(9)13-8/h1-6,11H. The van der Waals surface area contributed by atoms with E-state index < -0.39 is 0 Å². The quantitative estimate of drug-likeness (QED) is 0.567. The number of para-hydroxylation sites is 2. The van der Waals surface area contributed by atoms with Crippen molar-refractivity contribution in [3.63, 3.8) is 0 Å². The highest BCUT2D eigenvalue weighted by atomic mass is 16.6. The summed E-state index contributed by atoms with van der Waals surface area (Å²) in [5.74, 6) is 2.99. The summed E-state index contributed by atoms with van der Waals surface area (Å²) in [6.45, 7) is 0. The molecule has 1 aromatic heterocycles. The minimum absolute atomic E-state index is 0.735. The van der Waals surface area contributed by atoms with E-state index in [0.717, 1.165) is 23.0 Å². The lowest BCUT2D eigenvalue weighted by atomic mass is 10.3. The summed E-state index contributed by atoms with van der Waals surface area (Å²) < 4.78 is 11.1. The Hall–Kier alpha value is -1.90. The SMILES string of the molecule is c1ccc2c(c1)Oc1c[nH]cc1O2. The Bertz CT molecular complexity index is 408. The highest BCUT2D eigenvalue weighted by molar-refractivity contribution is 5.53. The van der Waals surface area contributed by atoms with Crippen LogP contribution in [0.4, 0.5) is 0 Å². The third-order valence-electron chi connectivity index (χ3n) is 1.96. The summed E-state index contributed by atoms with van der Waals surface area (Å²) in [6, 6.07) is 7.59. The van der Waals surface area contributed by atoms with E-state index in [0.29, 0.717) is 0 Å². The molecule has 0 bridgehead atoms. The summed E-state index contributed by atoms with van der Waals surface area (Å²) >= 11 is 0. The Morgan fingerprint density at radius 3 is 1.85 bits per heavy atom. The molecule has 0 saturated carbocycles. The van der Waals surface area contributed by atoms with Crippen molar-refractivity contribution in [1.82, 2.24) is 4.98 Å². The van der Waals surface area contributed by atoms with Gasteiger partial charge in [-0.2, -0.15) is 0 Å². The average molecular weight is 173 g/mol. The number of hydrogen-bond acceptors (Lipinski definition) is 2. The van der Waals surface area contributed by atoms with Crippen LogP contribution in [0.15, 0.2) is 36.7 Å². The number of benzene rings is 1. The van der Waals surface area contributed by atoms with E-state index in [-0.39, 0.29) is 0 Å². The molecule has 1 aromatic carbocycles. The van der Waals surface area contributed by atoms with E-state index in [9.17, 15) is 0 Å². The maximum absolute atomic E-state index is 5.56. The van der Waals surface area contributed by atoms with Gasteiger partial charge in [0.05, 0.1) is 0 Å². The van der Waals surface area contributed by atoms with Gasteiger partial charge in [0.2, 0.25) is 0 Å². The van der Waals surface area contributed by atoms with Gasteiger partial charge in [0.25, 0.3) is 0 Å². The zero-order valence-corrected chi connectivity index (χ0v) is 6.78. The lowest BCUT2D eigenvalue weighted by molar-refractivity contribution is 0.362. The van der Waals surface area contributed by atoms with Crippen LogP contribution >= 0.6 is 0 Å². The third kappa shape index (κ3) is 0.902. The van der Waals surface area contributed by atoms with E-state index >= 15 is 0 Å². The number of hydrogen-bond donors (Lipinski definition) is 1. The highest BCUT2D eigenvalue weighted by Crippen LogP contribution is 2.44. The second kappa shape index (κ2) is 2.29. The number of H-pyrrole nitrogens is 1. The number of rotatable bonds is 0. The molecule has 0 radical (unpaired) electrons. The van der Waals surface area contributed by atoms with Crippen LogP contribution in [-0.2, 0) is 0 Å². The first kappa shape index (κ1) is 6.60. The van der Waals surface area contributed by atoms with Crippen molar-refractivity contribution in [3.8, 4) is 23.0 Å². The maximum Gasteiger partial charge on any atom is 0.187 e. The van der Waals surface area contributed by atoms with Crippen LogP contribution in [0.5, 0.6) is 23.0 Å². The van der Waals surface area contributed by atoms with Crippen LogP contribution in [-0.4, -0.2) is 4.98 Å². The minimum atomic E-state index is 0.735. The maximum atomic E-state index is 5.56. The molecule has 3 heteroatoms. The normalized spacial score (nSPS) is 12.3. The minimum Gasteiger partial charge on any atom is -0.448 e. The second-order valence-electron chi connectivity index (χ2n) is 2.83. The van der Waals surface area contributed by atoms with Gasteiger partial charge in [0.15, 0.2) is 23.0 Å². The predicted octanol–water partition coefficient (Wildman–Crippen LogP) is 2.91. The Kier molecular flexibility index (Phi) is 1.16. The van der Waals surface area contributed by atoms with E-state index in [1.807, 2.05) is 24.3 Å². The van der Waals surface area contributed by atoms with Gasteiger partial charge >= 0.3 is 0 Å². The molecule has 2 heterocycles. The highest BCUT2D eigenvalue weighted by Gasteiger charge is 2.17. The number of aromatic nitrogens is 1. The lowest BCUT2D eigenvalue weighted by Crippen LogP contribution is -1.95. The molecule has 0 amide bonds. The van der Waals surface area contributed by atoms with Crippen LogP contribution < -0.4 is 9.47 Å². The second-order valence-corrected chi connectivity index (χ2v) is 2.83. The monoisotopic (exact) mass is 173 g/mol. The van der Waals surface area contributed by atoms with Crippen molar-refractivity contribution in [2.45, 2.75) is 0 Å². The molecule has 0 fully saturated rings. The summed E-state index contributed by atoms with van der Waals surface area (Å²) in [5.41, 5.74) is 0. The zero-order valence-electron chi connectivity index (χ0n) is 6.78.